The van der Waals surface area contributed by atoms with E-state index in [1.165, 1.54) is 19.1 Å². The van der Waals surface area contributed by atoms with E-state index in [1.54, 1.807) is 37.4 Å². The number of halogens is 1. The van der Waals surface area contributed by atoms with Crippen LogP contribution in [0.1, 0.15) is 12.5 Å². The molecule has 2 aromatic carbocycles. The summed E-state index contributed by atoms with van der Waals surface area (Å²) in [4.78, 5) is 23.3. The molecular weight excluding hydrogens is 337 g/mol. The largest absolute Gasteiger partial charge is 0.497 e. The minimum atomic E-state index is -0.282. The molecule has 3 N–H and O–H groups in total. The van der Waals surface area contributed by atoms with Crippen LogP contribution in [0.4, 0.5) is 15.8 Å². The Balaban J connectivity index is 1.85. The van der Waals surface area contributed by atoms with E-state index in [0.717, 1.165) is 5.56 Å². The SMILES string of the molecule is COc1ccc(NC(C)=O)c(NCC(=O)NCCc2ccc(F)cc2)c1. The molecule has 0 spiro atoms. The Labute approximate surface area is 151 Å². The van der Waals surface area contributed by atoms with Gasteiger partial charge in [-0.3, -0.25) is 9.59 Å². The van der Waals surface area contributed by atoms with E-state index in [9.17, 15) is 14.0 Å². The third-order valence-electron chi connectivity index (χ3n) is 3.63. The van der Waals surface area contributed by atoms with Gasteiger partial charge >= 0.3 is 0 Å². The van der Waals surface area contributed by atoms with Crippen LogP contribution in [0.5, 0.6) is 5.75 Å². The number of rotatable bonds is 8. The quantitative estimate of drug-likeness (QED) is 0.677. The average Bonchev–Trinajstić information content (AvgIpc) is 2.62. The van der Waals surface area contributed by atoms with E-state index in [2.05, 4.69) is 16.0 Å². The molecule has 0 heterocycles. The van der Waals surface area contributed by atoms with Crippen LogP contribution in [0.25, 0.3) is 0 Å². The lowest BCUT2D eigenvalue weighted by Gasteiger charge is -2.14. The molecule has 138 valence electrons. The standard InChI is InChI=1S/C19H22FN3O3/c1-13(24)23-17-8-7-16(26-2)11-18(17)22-12-19(25)21-10-9-14-3-5-15(20)6-4-14/h3-8,11,22H,9-10,12H2,1-2H3,(H,21,25)(H,23,24). The summed E-state index contributed by atoms with van der Waals surface area (Å²) in [6, 6.07) is 11.3. The number of nitrogens with one attached hydrogen (secondary N) is 3. The van der Waals surface area contributed by atoms with Crippen molar-refractivity contribution in [1.82, 2.24) is 5.32 Å². The zero-order valence-electron chi connectivity index (χ0n) is 14.8. The molecule has 0 saturated carbocycles. The van der Waals surface area contributed by atoms with Crippen LogP contribution in [-0.4, -0.2) is 32.0 Å². The Bertz CT molecular complexity index is 763. The second-order valence-electron chi connectivity index (χ2n) is 5.67. The molecule has 26 heavy (non-hydrogen) atoms. The number of hydrogen-bond donors (Lipinski definition) is 3. The highest BCUT2D eigenvalue weighted by molar-refractivity contribution is 5.93. The summed E-state index contributed by atoms with van der Waals surface area (Å²) in [7, 11) is 1.54. The molecule has 0 aliphatic rings. The fourth-order valence-corrected chi connectivity index (χ4v) is 2.33. The smallest absolute Gasteiger partial charge is 0.239 e. The predicted octanol–water partition coefficient (Wildman–Crippen LogP) is 2.56. The number of hydrogen-bond acceptors (Lipinski definition) is 4. The van der Waals surface area contributed by atoms with Crippen molar-refractivity contribution in [3.63, 3.8) is 0 Å². The molecule has 2 amide bonds. The first-order valence-electron chi connectivity index (χ1n) is 8.18. The van der Waals surface area contributed by atoms with Crippen molar-refractivity contribution in [2.75, 3.05) is 30.8 Å². The maximum Gasteiger partial charge on any atom is 0.239 e. The lowest BCUT2D eigenvalue weighted by Crippen LogP contribution is -2.31. The van der Waals surface area contributed by atoms with E-state index in [0.29, 0.717) is 30.1 Å². The summed E-state index contributed by atoms with van der Waals surface area (Å²) >= 11 is 0. The number of anilines is 2. The first-order valence-corrected chi connectivity index (χ1v) is 8.18. The lowest BCUT2D eigenvalue weighted by atomic mass is 10.1. The minimum Gasteiger partial charge on any atom is -0.497 e. The van der Waals surface area contributed by atoms with Gasteiger partial charge in [-0.05, 0) is 36.2 Å². The molecule has 0 aromatic heterocycles. The van der Waals surface area contributed by atoms with E-state index in [-0.39, 0.29) is 24.2 Å². The third kappa shape index (κ3) is 6.08. The van der Waals surface area contributed by atoms with Crippen molar-refractivity contribution in [2.24, 2.45) is 0 Å². The Kier molecular flexibility index (Phi) is 6.96. The molecule has 0 saturated heterocycles. The van der Waals surface area contributed by atoms with Gasteiger partial charge < -0.3 is 20.7 Å². The van der Waals surface area contributed by atoms with Crippen molar-refractivity contribution in [3.05, 3.63) is 53.8 Å². The fourth-order valence-electron chi connectivity index (χ4n) is 2.33. The summed E-state index contributed by atoms with van der Waals surface area (Å²) in [5, 5.41) is 8.48. The topological polar surface area (TPSA) is 79.5 Å². The number of carbonyl (C=O) groups excluding carboxylic acids is 2. The molecule has 6 nitrogen and oxygen atoms in total. The Morgan fingerprint density at radius 2 is 1.81 bits per heavy atom. The molecular formula is C19H22FN3O3. The first-order chi connectivity index (χ1) is 12.5. The van der Waals surface area contributed by atoms with Gasteiger partial charge in [0.15, 0.2) is 0 Å². The van der Waals surface area contributed by atoms with Crippen LogP contribution in [0, 0.1) is 5.82 Å². The van der Waals surface area contributed by atoms with Crippen LogP contribution in [0.2, 0.25) is 0 Å². The van der Waals surface area contributed by atoms with Gasteiger partial charge in [0.1, 0.15) is 11.6 Å². The number of benzene rings is 2. The second-order valence-corrected chi connectivity index (χ2v) is 5.67. The van der Waals surface area contributed by atoms with Gasteiger partial charge in [0, 0.05) is 19.5 Å². The van der Waals surface area contributed by atoms with E-state index < -0.39 is 0 Å². The predicted molar refractivity (Wildman–Crippen MR) is 98.9 cm³/mol. The molecule has 0 unspecified atom stereocenters. The van der Waals surface area contributed by atoms with Crippen LogP contribution < -0.4 is 20.7 Å². The van der Waals surface area contributed by atoms with Crippen molar-refractivity contribution < 1.29 is 18.7 Å². The summed E-state index contributed by atoms with van der Waals surface area (Å²) in [6.07, 6.45) is 0.613. The van der Waals surface area contributed by atoms with Crippen LogP contribution in [0.15, 0.2) is 42.5 Å². The summed E-state index contributed by atoms with van der Waals surface area (Å²) in [6.45, 7) is 1.90. The molecule has 7 heteroatoms. The summed E-state index contributed by atoms with van der Waals surface area (Å²) in [5.74, 6) is -0.0701. The number of carbonyl (C=O) groups is 2. The molecule has 0 atom stereocenters. The Hall–Kier alpha value is -3.09. The fraction of sp³-hybridized carbons (Fsp3) is 0.263. The number of methoxy groups -OCH3 is 1. The minimum absolute atomic E-state index is 0.0448. The van der Waals surface area contributed by atoms with E-state index in [1.807, 2.05) is 0 Å². The van der Waals surface area contributed by atoms with Gasteiger partial charge in [-0.15, -0.1) is 0 Å². The average molecular weight is 359 g/mol. The number of ether oxygens (including phenoxy) is 1. The van der Waals surface area contributed by atoms with E-state index >= 15 is 0 Å². The molecule has 0 fully saturated rings. The number of amides is 2. The Morgan fingerprint density at radius 3 is 2.46 bits per heavy atom. The van der Waals surface area contributed by atoms with Crippen molar-refractivity contribution in [1.29, 1.82) is 0 Å². The third-order valence-corrected chi connectivity index (χ3v) is 3.63. The molecule has 2 rings (SSSR count). The monoisotopic (exact) mass is 359 g/mol. The molecule has 0 aliphatic carbocycles. The lowest BCUT2D eigenvalue weighted by molar-refractivity contribution is -0.119. The summed E-state index contributed by atoms with van der Waals surface area (Å²) < 4.78 is 18.0. The van der Waals surface area contributed by atoms with Crippen LogP contribution in [-0.2, 0) is 16.0 Å². The van der Waals surface area contributed by atoms with Crippen LogP contribution >= 0.6 is 0 Å². The van der Waals surface area contributed by atoms with Crippen molar-refractivity contribution in [3.8, 4) is 5.75 Å². The molecule has 0 aliphatic heterocycles. The Morgan fingerprint density at radius 1 is 1.08 bits per heavy atom. The van der Waals surface area contributed by atoms with E-state index in [4.69, 9.17) is 4.74 Å². The van der Waals surface area contributed by atoms with Gasteiger partial charge in [-0.1, -0.05) is 12.1 Å². The first kappa shape index (κ1) is 19.2. The highest BCUT2D eigenvalue weighted by atomic mass is 19.1. The van der Waals surface area contributed by atoms with Crippen molar-refractivity contribution >= 4 is 23.2 Å². The molecule has 0 bridgehead atoms. The zero-order chi connectivity index (χ0) is 18.9. The molecule has 0 radical (unpaired) electrons. The highest BCUT2D eigenvalue weighted by Crippen LogP contribution is 2.26. The molecule has 2 aromatic rings. The van der Waals surface area contributed by atoms with Crippen molar-refractivity contribution in [2.45, 2.75) is 13.3 Å². The van der Waals surface area contributed by atoms with Gasteiger partial charge in [0.25, 0.3) is 0 Å². The normalized spacial score (nSPS) is 10.1. The highest BCUT2D eigenvalue weighted by Gasteiger charge is 2.08. The maximum atomic E-state index is 12.9. The maximum absolute atomic E-state index is 12.9. The van der Waals surface area contributed by atoms with Gasteiger partial charge in [0.05, 0.1) is 25.0 Å². The van der Waals surface area contributed by atoms with Gasteiger partial charge in [0.2, 0.25) is 11.8 Å². The van der Waals surface area contributed by atoms with Crippen LogP contribution in [0.3, 0.4) is 0 Å². The van der Waals surface area contributed by atoms with Gasteiger partial charge in [-0.25, -0.2) is 4.39 Å². The zero-order valence-corrected chi connectivity index (χ0v) is 14.8. The summed E-state index contributed by atoms with van der Waals surface area (Å²) in [5.41, 5.74) is 2.10. The van der Waals surface area contributed by atoms with Gasteiger partial charge in [-0.2, -0.15) is 0 Å². The second kappa shape index (κ2) is 9.41.